The summed E-state index contributed by atoms with van der Waals surface area (Å²) in [5.41, 5.74) is 2.26. The van der Waals surface area contributed by atoms with Crippen molar-refractivity contribution in [1.29, 1.82) is 0 Å². The maximum Gasteiger partial charge on any atom is 0.126 e. The van der Waals surface area contributed by atoms with Gasteiger partial charge >= 0.3 is 0 Å². The minimum Gasteiger partial charge on any atom is -0.496 e. The molecule has 0 spiro atoms. The maximum atomic E-state index is 5.41. The second kappa shape index (κ2) is 5.61. The molecule has 0 saturated heterocycles. The maximum absolute atomic E-state index is 5.41. The van der Waals surface area contributed by atoms with Gasteiger partial charge in [-0.3, -0.25) is 4.98 Å². The summed E-state index contributed by atoms with van der Waals surface area (Å²) in [7, 11) is 1.70. The first-order chi connectivity index (χ1) is 9.88. The van der Waals surface area contributed by atoms with E-state index in [1.165, 1.54) is 10.9 Å². The Morgan fingerprint density at radius 1 is 1.00 bits per heavy atom. The highest BCUT2D eigenvalue weighted by Crippen LogP contribution is 2.28. The molecule has 3 rings (SSSR count). The fourth-order valence-electron chi connectivity index (χ4n) is 2.33. The fourth-order valence-corrected chi connectivity index (χ4v) is 2.33. The topological polar surface area (TPSA) is 34.1 Å². The number of benzene rings is 2. The van der Waals surface area contributed by atoms with E-state index in [0.717, 1.165) is 23.4 Å². The van der Waals surface area contributed by atoms with Crippen molar-refractivity contribution in [2.24, 2.45) is 0 Å². The number of methoxy groups -OCH3 is 1. The number of rotatable bonds is 4. The Hall–Kier alpha value is -2.55. The molecule has 100 valence electrons. The van der Waals surface area contributed by atoms with E-state index < -0.39 is 0 Å². The number of anilines is 1. The molecule has 2 aromatic carbocycles. The highest BCUT2D eigenvalue weighted by Gasteiger charge is 2.05. The molecular weight excluding hydrogens is 248 g/mol. The normalized spacial score (nSPS) is 10.4. The summed E-state index contributed by atoms with van der Waals surface area (Å²) in [6.07, 6.45) is 3.60. The first-order valence-corrected chi connectivity index (χ1v) is 6.57. The van der Waals surface area contributed by atoms with Crippen LogP contribution in [0.15, 0.2) is 60.9 Å². The lowest BCUT2D eigenvalue weighted by molar-refractivity contribution is 0.419. The third-order valence-corrected chi connectivity index (χ3v) is 3.34. The Morgan fingerprint density at radius 3 is 2.60 bits per heavy atom. The van der Waals surface area contributed by atoms with Crippen molar-refractivity contribution >= 4 is 16.5 Å². The highest BCUT2D eigenvalue weighted by molar-refractivity contribution is 5.91. The van der Waals surface area contributed by atoms with Gasteiger partial charge in [0.15, 0.2) is 0 Å². The Labute approximate surface area is 118 Å². The van der Waals surface area contributed by atoms with E-state index in [2.05, 4.69) is 34.6 Å². The summed E-state index contributed by atoms with van der Waals surface area (Å²) >= 11 is 0. The minimum absolute atomic E-state index is 0.760. The quantitative estimate of drug-likeness (QED) is 0.777. The van der Waals surface area contributed by atoms with E-state index in [9.17, 15) is 0 Å². The van der Waals surface area contributed by atoms with Crippen molar-refractivity contribution in [1.82, 2.24) is 4.98 Å². The highest BCUT2D eigenvalue weighted by atomic mass is 16.5. The predicted octanol–water partition coefficient (Wildman–Crippen LogP) is 3.86. The van der Waals surface area contributed by atoms with Gasteiger partial charge in [-0.15, -0.1) is 0 Å². The predicted molar refractivity (Wildman–Crippen MR) is 82.1 cm³/mol. The Balaban J connectivity index is 1.92. The molecular formula is C17H16N2O. The molecule has 0 amide bonds. The van der Waals surface area contributed by atoms with Gasteiger partial charge in [0, 0.05) is 24.3 Å². The van der Waals surface area contributed by atoms with E-state index in [4.69, 9.17) is 4.74 Å². The minimum atomic E-state index is 0.760. The molecule has 1 N–H and O–H groups in total. The monoisotopic (exact) mass is 264 g/mol. The van der Waals surface area contributed by atoms with Crippen molar-refractivity contribution in [3.05, 3.63) is 66.5 Å². The Bertz CT molecular complexity index is 711. The van der Waals surface area contributed by atoms with Crippen LogP contribution in [0.4, 0.5) is 5.69 Å². The van der Waals surface area contributed by atoms with Crippen molar-refractivity contribution < 1.29 is 4.74 Å². The van der Waals surface area contributed by atoms with Gasteiger partial charge < -0.3 is 10.1 Å². The molecule has 0 aliphatic rings. The van der Waals surface area contributed by atoms with Gasteiger partial charge in [0.05, 0.1) is 12.8 Å². The lowest BCUT2D eigenvalue weighted by Crippen LogP contribution is -2.00. The molecule has 0 bridgehead atoms. The van der Waals surface area contributed by atoms with Gasteiger partial charge in [0.2, 0.25) is 0 Å². The van der Waals surface area contributed by atoms with Gasteiger partial charge in [-0.2, -0.15) is 0 Å². The van der Waals surface area contributed by atoms with Gasteiger partial charge in [0.25, 0.3) is 0 Å². The molecule has 0 saturated carbocycles. The lowest BCUT2D eigenvalue weighted by atomic mass is 10.0. The molecule has 3 aromatic rings. The summed E-state index contributed by atoms with van der Waals surface area (Å²) in [4.78, 5) is 4.10. The van der Waals surface area contributed by atoms with Crippen LogP contribution >= 0.6 is 0 Å². The summed E-state index contributed by atoms with van der Waals surface area (Å²) in [6.45, 7) is 0.760. The lowest BCUT2D eigenvalue weighted by Gasteiger charge is -2.11. The van der Waals surface area contributed by atoms with Gasteiger partial charge in [-0.25, -0.2) is 0 Å². The van der Waals surface area contributed by atoms with E-state index in [1.54, 1.807) is 13.3 Å². The molecule has 0 aliphatic carbocycles. The van der Waals surface area contributed by atoms with Crippen LogP contribution < -0.4 is 10.1 Å². The number of ether oxygens (including phenoxy) is 1. The van der Waals surface area contributed by atoms with E-state index in [-0.39, 0.29) is 0 Å². The zero-order valence-corrected chi connectivity index (χ0v) is 11.3. The number of pyridine rings is 1. The van der Waals surface area contributed by atoms with Crippen LogP contribution in [0.1, 0.15) is 5.56 Å². The van der Waals surface area contributed by atoms with Crippen LogP contribution in [0, 0.1) is 0 Å². The second-order valence-electron chi connectivity index (χ2n) is 4.57. The van der Waals surface area contributed by atoms with Crippen molar-refractivity contribution in [3.63, 3.8) is 0 Å². The molecule has 20 heavy (non-hydrogen) atoms. The Kier molecular flexibility index (Phi) is 3.50. The smallest absolute Gasteiger partial charge is 0.126 e. The SMILES string of the molecule is COc1ccc(CNc2cccnc2)c2ccccc12. The first-order valence-electron chi connectivity index (χ1n) is 6.57. The third-order valence-electron chi connectivity index (χ3n) is 3.34. The summed E-state index contributed by atoms with van der Waals surface area (Å²) < 4.78 is 5.41. The molecule has 3 heteroatoms. The zero-order chi connectivity index (χ0) is 13.8. The summed E-state index contributed by atoms with van der Waals surface area (Å²) in [5.74, 6) is 0.908. The van der Waals surface area contributed by atoms with Crippen LogP contribution in [0.2, 0.25) is 0 Å². The fraction of sp³-hybridized carbons (Fsp3) is 0.118. The largest absolute Gasteiger partial charge is 0.496 e. The van der Waals surface area contributed by atoms with Crippen molar-refractivity contribution in [2.75, 3.05) is 12.4 Å². The van der Waals surface area contributed by atoms with Crippen LogP contribution in [0.5, 0.6) is 5.75 Å². The number of aromatic nitrogens is 1. The van der Waals surface area contributed by atoms with Crippen LogP contribution in [0.3, 0.4) is 0 Å². The first kappa shape index (κ1) is 12.5. The number of nitrogens with one attached hydrogen (secondary N) is 1. The molecule has 1 aromatic heterocycles. The van der Waals surface area contributed by atoms with Crippen LogP contribution in [-0.2, 0) is 6.54 Å². The van der Waals surface area contributed by atoms with Crippen molar-refractivity contribution in [3.8, 4) is 5.75 Å². The Morgan fingerprint density at radius 2 is 1.85 bits per heavy atom. The number of hydrogen-bond acceptors (Lipinski definition) is 3. The average Bonchev–Trinajstić information content (AvgIpc) is 2.53. The number of hydrogen-bond donors (Lipinski definition) is 1. The molecule has 0 unspecified atom stereocenters. The molecule has 0 aliphatic heterocycles. The molecule has 1 heterocycles. The van der Waals surface area contributed by atoms with E-state index in [1.807, 2.05) is 30.5 Å². The molecule has 0 fully saturated rings. The number of nitrogens with zero attached hydrogens (tertiary/aromatic N) is 1. The van der Waals surface area contributed by atoms with Crippen molar-refractivity contribution in [2.45, 2.75) is 6.54 Å². The average molecular weight is 264 g/mol. The van der Waals surface area contributed by atoms with Gasteiger partial charge in [-0.05, 0) is 29.1 Å². The third kappa shape index (κ3) is 2.43. The molecule has 3 nitrogen and oxygen atoms in total. The zero-order valence-electron chi connectivity index (χ0n) is 11.3. The van der Waals surface area contributed by atoms with Crippen LogP contribution in [0.25, 0.3) is 10.8 Å². The van der Waals surface area contributed by atoms with E-state index in [0.29, 0.717) is 0 Å². The van der Waals surface area contributed by atoms with E-state index >= 15 is 0 Å². The summed E-state index contributed by atoms with van der Waals surface area (Å²) in [5, 5.41) is 5.74. The second-order valence-corrected chi connectivity index (χ2v) is 4.57. The summed E-state index contributed by atoms with van der Waals surface area (Å²) in [6, 6.07) is 16.3. The standard InChI is InChI=1S/C17H16N2O/c1-20-17-9-8-13(15-6-2-3-7-16(15)17)11-19-14-5-4-10-18-12-14/h2-10,12,19H,11H2,1H3. The van der Waals surface area contributed by atoms with Gasteiger partial charge in [-0.1, -0.05) is 30.3 Å². The van der Waals surface area contributed by atoms with Gasteiger partial charge in [0.1, 0.15) is 5.75 Å². The molecule has 0 radical (unpaired) electrons. The molecule has 0 atom stereocenters. The number of fused-ring (bicyclic) bond motifs is 1. The van der Waals surface area contributed by atoms with Crippen LogP contribution in [-0.4, -0.2) is 12.1 Å².